The average Bonchev–Trinajstić information content (AvgIpc) is 2.68. The van der Waals surface area contributed by atoms with Gasteiger partial charge in [0.15, 0.2) is 5.75 Å². The minimum Gasteiger partial charge on any atom is -0.493 e. The zero-order valence-corrected chi connectivity index (χ0v) is 12.2. The van der Waals surface area contributed by atoms with Gasteiger partial charge in [0.1, 0.15) is 0 Å². The Balaban J connectivity index is 2.63. The molecule has 0 fully saturated rings. The molecule has 0 aliphatic rings. The number of rotatable bonds is 8. The van der Waals surface area contributed by atoms with E-state index in [0.717, 1.165) is 31.8 Å². The second-order valence-corrected chi connectivity index (χ2v) is 5.04. The lowest BCUT2D eigenvalue weighted by Gasteiger charge is -2.13. The van der Waals surface area contributed by atoms with Crippen molar-refractivity contribution in [3.8, 4) is 5.75 Å². The molecule has 0 atom stereocenters. The molecule has 104 valence electrons. The fourth-order valence-electron chi connectivity index (χ4n) is 1.78. The zero-order chi connectivity index (χ0) is 13.5. The maximum atomic E-state index is 5.37. The fourth-order valence-corrected chi connectivity index (χ4v) is 1.78. The van der Waals surface area contributed by atoms with Gasteiger partial charge in [-0.15, -0.1) is 0 Å². The highest BCUT2D eigenvalue weighted by atomic mass is 16.5. The van der Waals surface area contributed by atoms with E-state index in [4.69, 9.17) is 4.74 Å². The number of methoxy groups -OCH3 is 1. The van der Waals surface area contributed by atoms with E-state index in [1.54, 1.807) is 13.3 Å². The summed E-state index contributed by atoms with van der Waals surface area (Å²) in [5.74, 6) is 0.888. The maximum Gasteiger partial charge on any atom is 0.159 e. The van der Waals surface area contributed by atoms with E-state index < -0.39 is 0 Å². The largest absolute Gasteiger partial charge is 0.493 e. The van der Waals surface area contributed by atoms with Gasteiger partial charge in [0, 0.05) is 25.6 Å². The molecule has 1 N–H and O–H groups in total. The SMILES string of the molecule is COc1cnn(CCN(C)C)c1CCNC(C)C. The quantitative estimate of drug-likeness (QED) is 0.751. The summed E-state index contributed by atoms with van der Waals surface area (Å²) < 4.78 is 7.41. The summed E-state index contributed by atoms with van der Waals surface area (Å²) in [6.07, 6.45) is 2.75. The Morgan fingerprint density at radius 3 is 2.72 bits per heavy atom. The molecule has 5 heteroatoms. The molecule has 1 heterocycles. The van der Waals surface area contributed by atoms with Crippen LogP contribution < -0.4 is 10.1 Å². The number of likely N-dealkylation sites (N-methyl/N-ethyl adjacent to an activating group) is 1. The molecule has 1 rings (SSSR count). The van der Waals surface area contributed by atoms with Crippen molar-refractivity contribution >= 4 is 0 Å². The first kappa shape index (κ1) is 15.0. The van der Waals surface area contributed by atoms with Crippen molar-refractivity contribution in [3.05, 3.63) is 11.9 Å². The number of nitrogens with zero attached hydrogens (tertiary/aromatic N) is 3. The Labute approximate surface area is 110 Å². The molecule has 1 aromatic heterocycles. The summed E-state index contributed by atoms with van der Waals surface area (Å²) in [6.45, 7) is 7.13. The van der Waals surface area contributed by atoms with Gasteiger partial charge in [-0.2, -0.15) is 5.10 Å². The van der Waals surface area contributed by atoms with Crippen LogP contribution in [0.15, 0.2) is 6.20 Å². The molecule has 0 saturated carbocycles. The third kappa shape index (κ3) is 4.66. The third-order valence-electron chi connectivity index (χ3n) is 2.80. The van der Waals surface area contributed by atoms with Gasteiger partial charge in [0.25, 0.3) is 0 Å². The van der Waals surface area contributed by atoms with Crippen molar-refractivity contribution in [2.75, 3.05) is 34.3 Å². The Kier molecular flexibility index (Phi) is 6.15. The van der Waals surface area contributed by atoms with Crippen LogP contribution in [0.4, 0.5) is 0 Å². The van der Waals surface area contributed by atoms with Crippen molar-refractivity contribution in [3.63, 3.8) is 0 Å². The molecule has 0 radical (unpaired) electrons. The Bertz CT molecular complexity index is 347. The number of aromatic nitrogens is 2. The molecule has 5 nitrogen and oxygen atoms in total. The molecule has 0 spiro atoms. The van der Waals surface area contributed by atoms with E-state index in [-0.39, 0.29) is 0 Å². The molecule has 0 unspecified atom stereocenters. The summed E-state index contributed by atoms with van der Waals surface area (Å²) in [7, 11) is 5.84. The summed E-state index contributed by atoms with van der Waals surface area (Å²) in [5.41, 5.74) is 1.17. The first-order valence-corrected chi connectivity index (χ1v) is 6.51. The summed E-state index contributed by atoms with van der Waals surface area (Å²) in [6, 6.07) is 0.508. The van der Waals surface area contributed by atoms with E-state index in [9.17, 15) is 0 Å². The highest BCUT2D eigenvalue weighted by Crippen LogP contribution is 2.17. The van der Waals surface area contributed by atoms with Gasteiger partial charge in [0.2, 0.25) is 0 Å². The van der Waals surface area contributed by atoms with Gasteiger partial charge in [0.05, 0.1) is 25.5 Å². The van der Waals surface area contributed by atoms with Crippen molar-refractivity contribution in [1.29, 1.82) is 0 Å². The summed E-state index contributed by atoms with van der Waals surface area (Å²) in [4.78, 5) is 2.16. The standard InChI is InChI=1S/C13H26N4O/c1-11(2)14-7-6-12-13(18-5)10-15-17(12)9-8-16(3)4/h10-11,14H,6-9H2,1-5H3. The monoisotopic (exact) mass is 254 g/mol. The number of ether oxygens (including phenoxy) is 1. The number of nitrogens with one attached hydrogen (secondary N) is 1. The molecule has 0 aliphatic heterocycles. The Morgan fingerprint density at radius 1 is 1.44 bits per heavy atom. The molecule has 0 saturated heterocycles. The van der Waals surface area contributed by atoms with Gasteiger partial charge in [-0.1, -0.05) is 13.8 Å². The second-order valence-electron chi connectivity index (χ2n) is 5.04. The van der Waals surface area contributed by atoms with Gasteiger partial charge < -0.3 is 15.0 Å². The van der Waals surface area contributed by atoms with Crippen LogP contribution in [-0.4, -0.2) is 55.0 Å². The van der Waals surface area contributed by atoms with Crippen molar-refractivity contribution in [2.45, 2.75) is 32.9 Å². The van der Waals surface area contributed by atoms with Crippen LogP contribution in [0.3, 0.4) is 0 Å². The Morgan fingerprint density at radius 2 is 2.17 bits per heavy atom. The van der Waals surface area contributed by atoms with E-state index in [1.807, 2.05) is 4.68 Å². The van der Waals surface area contributed by atoms with Crippen molar-refractivity contribution < 1.29 is 4.74 Å². The number of hydrogen-bond donors (Lipinski definition) is 1. The zero-order valence-electron chi connectivity index (χ0n) is 12.2. The van der Waals surface area contributed by atoms with Crippen LogP contribution in [0, 0.1) is 0 Å². The minimum atomic E-state index is 0.508. The maximum absolute atomic E-state index is 5.37. The smallest absolute Gasteiger partial charge is 0.159 e. The molecular formula is C13H26N4O. The first-order chi connectivity index (χ1) is 8.54. The van der Waals surface area contributed by atoms with Gasteiger partial charge in [-0.25, -0.2) is 0 Å². The molecule has 1 aromatic rings. The number of hydrogen-bond acceptors (Lipinski definition) is 4. The van der Waals surface area contributed by atoms with E-state index in [2.05, 4.69) is 43.3 Å². The normalized spacial score (nSPS) is 11.5. The molecule has 0 aliphatic carbocycles. The van der Waals surface area contributed by atoms with Crippen LogP contribution in [0.25, 0.3) is 0 Å². The minimum absolute atomic E-state index is 0.508. The second kappa shape index (κ2) is 7.38. The van der Waals surface area contributed by atoms with E-state index in [1.165, 1.54) is 5.69 Å². The van der Waals surface area contributed by atoms with Gasteiger partial charge in [-0.3, -0.25) is 4.68 Å². The lowest BCUT2D eigenvalue weighted by Crippen LogP contribution is -2.26. The highest BCUT2D eigenvalue weighted by molar-refractivity contribution is 5.25. The summed E-state index contributed by atoms with van der Waals surface area (Å²) in [5, 5.41) is 7.81. The van der Waals surface area contributed by atoms with Crippen LogP contribution >= 0.6 is 0 Å². The van der Waals surface area contributed by atoms with Crippen LogP contribution in [0.1, 0.15) is 19.5 Å². The fraction of sp³-hybridized carbons (Fsp3) is 0.769. The predicted octanol–water partition coefficient (Wildman–Crippen LogP) is 0.994. The predicted molar refractivity (Wildman–Crippen MR) is 74.2 cm³/mol. The first-order valence-electron chi connectivity index (χ1n) is 6.51. The van der Waals surface area contributed by atoms with Crippen molar-refractivity contribution in [1.82, 2.24) is 20.0 Å². The lowest BCUT2D eigenvalue weighted by molar-refractivity contribution is 0.365. The molecule has 0 amide bonds. The lowest BCUT2D eigenvalue weighted by atomic mass is 10.2. The van der Waals surface area contributed by atoms with Crippen LogP contribution in [0.2, 0.25) is 0 Å². The molecular weight excluding hydrogens is 228 g/mol. The summed E-state index contributed by atoms with van der Waals surface area (Å²) >= 11 is 0. The average molecular weight is 254 g/mol. The third-order valence-corrected chi connectivity index (χ3v) is 2.80. The van der Waals surface area contributed by atoms with Gasteiger partial charge in [-0.05, 0) is 14.1 Å². The van der Waals surface area contributed by atoms with Crippen LogP contribution in [-0.2, 0) is 13.0 Å². The van der Waals surface area contributed by atoms with E-state index >= 15 is 0 Å². The molecule has 18 heavy (non-hydrogen) atoms. The van der Waals surface area contributed by atoms with Crippen LogP contribution in [0.5, 0.6) is 5.75 Å². The Hall–Kier alpha value is -1.07. The topological polar surface area (TPSA) is 42.3 Å². The van der Waals surface area contributed by atoms with Crippen molar-refractivity contribution in [2.24, 2.45) is 0 Å². The van der Waals surface area contributed by atoms with Gasteiger partial charge >= 0.3 is 0 Å². The molecule has 0 bridgehead atoms. The van der Waals surface area contributed by atoms with E-state index in [0.29, 0.717) is 6.04 Å². The molecule has 0 aromatic carbocycles. The highest BCUT2D eigenvalue weighted by Gasteiger charge is 2.11.